The number of nitrogens with zero attached hydrogens (tertiary/aromatic N) is 2. The molecule has 0 fully saturated rings. The Morgan fingerprint density at radius 2 is 1.41 bits per heavy atom. The number of hydrogen-bond acceptors (Lipinski definition) is 2. The zero-order valence-electron chi connectivity index (χ0n) is 16.7. The Kier molecular flexibility index (Phi) is 5.17. The van der Waals surface area contributed by atoms with Crippen LogP contribution in [-0.4, -0.2) is 29.8 Å². The molecule has 0 saturated carbocycles. The zero-order chi connectivity index (χ0) is 20.4. The van der Waals surface area contributed by atoms with Crippen molar-refractivity contribution in [3.05, 3.63) is 102 Å². The van der Waals surface area contributed by atoms with E-state index in [1.54, 1.807) is 22.9 Å². The predicted octanol–water partition coefficient (Wildman–Crippen LogP) is 4.48. The fourth-order valence-electron chi connectivity index (χ4n) is 4.05. The fourth-order valence-corrected chi connectivity index (χ4v) is 4.05. The molecule has 0 aliphatic carbocycles. The maximum absolute atomic E-state index is 13.7. The molecule has 1 aliphatic heterocycles. The van der Waals surface area contributed by atoms with Crippen LogP contribution < -0.4 is 4.90 Å². The van der Waals surface area contributed by atoms with Gasteiger partial charge in [0.05, 0.1) is 17.3 Å². The first-order chi connectivity index (χ1) is 14.1. The summed E-state index contributed by atoms with van der Waals surface area (Å²) < 4.78 is 0. The number of fused-ring (bicyclic) bond motifs is 1. The maximum Gasteiger partial charge on any atom is 0.257 e. The van der Waals surface area contributed by atoms with Crippen LogP contribution >= 0.6 is 0 Å². The Balaban J connectivity index is 1.83. The van der Waals surface area contributed by atoms with Crippen LogP contribution in [0.5, 0.6) is 0 Å². The molecule has 1 aliphatic rings. The third-order valence-corrected chi connectivity index (χ3v) is 5.65. The Labute approximate surface area is 171 Å². The quantitative estimate of drug-likeness (QED) is 0.666. The highest BCUT2D eigenvalue weighted by Crippen LogP contribution is 2.33. The average molecular weight is 384 g/mol. The summed E-state index contributed by atoms with van der Waals surface area (Å²) in [4.78, 5) is 30.6. The topological polar surface area (TPSA) is 40.6 Å². The summed E-state index contributed by atoms with van der Waals surface area (Å²) in [6.45, 7) is 1.99. The second-order valence-electron chi connectivity index (χ2n) is 7.42. The maximum atomic E-state index is 13.7. The van der Waals surface area contributed by atoms with Gasteiger partial charge in [-0.2, -0.15) is 0 Å². The van der Waals surface area contributed by atoms with Crippen LogP contribution in [0.2, 0.25) is 0 Å². The molecule has 4 nitrogen and oxygen atoms in total. The number of carbonyl (C=O) groups is 2. The highest BCUT2D eigenvalue weighted by Gasteiger charge is 2.40. The van der Waals surface area contributed by atoms with Crippen LogP contribution in [0.25, 0.3) is 0 Å². The van der Waals surface area contributed by atoms with E-state index >= 15 is 0 Å². The van der Waals surface area contributed by atoms with Crippen molar-refractivity contribution >= 4 is 17.5 Å². The second kappa shape index (κ2) is 7.92. The molecule has 2 atom stereocenters. The monoisotopic (exact) mass is 384 g/mol. The molecule has 0 unspecified atom stereocenters. The summed E-state index contributed by atoms with van der Waals surface area (Å²) in [5.74, 6) is -0.189. The Hall–Kier alpha value is -3.40. The summed E-state index contributed by atoms with van der Waals surface area (Å²) in [6, 6.07) is 26.3. The van der Waals surface area contributed by atoms with Gasteiger partial charge in [-0.15, -0.1) is 0 Å². The molecule has 29 heavy (non-hydrogen) atoms. The standard InChI is InChI=1S/C25H24N2O2/c1-18(20-13-7-4-8-14-20)27-23(17-19-11-5-3-6-12-19)25(29)26(2)22-16-10-9-15-21(22)24(27)28/h3-16,18,23H,17H2,1-2H3/t18-,23-/m0/s1. The van der Waals surface area contributed by atoms with Crippen molar-refractivity contribution in [3.8, 4) is 0 Å². The lowest BCUT2D eigenvalue weighted by molar-refractivity contribution is -0.123. The minimum atomic E-state index is -0.586. The van der Waals surface area contributed by atoms with E-state index in [0.717, 1.165) is 11.1 Å². The fraction of sp³-hybridized carbons (Fsp3) is 0.200. The Morgan fingerprint density at radius 1 is 0.828 bits per heavy atom. The van der Waals surface area contributed by atoms with Gasteiger partial charge in [0.1, 0.15) is 6.04 Å². The summed E-state index contributed by atoms with van der Waals surface area (Å²) in [7, 11) is 1.75. The SMILES string of the molecule is C[C@@H](c1ccccc1)N1C(=O)c2ccccc2N(C)C(=O)[C@@H]1Cc1ccccc1. The van der Waals surface area contributed by atoms with Crippen molar-refractivity contribution in [2.75, 3.05) is 11.9 Å². The van der Waals surface area contributed by atoms with Gasteiger partial charge in [0.25, 0.3) is 5.91 Å². The van der Waals surface area contributed by atoms with Crippen LogP contribution in [0.4, 0.5) is 5.69 Å². The van der Waals surface area contributed by atoms with E-state index in [-0.39, 0.29) is 17.9 Å². The van der Waals surface area contributed by atoms with E-state index < -0.39 is 6.04 Å². The number of benzene rings is 3. The number of rotatable bonds is 4. The van der Waals surface area contributed by atoms with E-state index in [1.807, 2.05) is 85.8 Å². The van der Waals surface area contributed by atoms with Gasteiger partial charge in [-0.05, 0) is 30.2 Å². The molecule has 0 bridgehead atoms. The smallest absolute Gasteiger partial charge is 0.257 e. The summed E-state index contributed by atoms with van der Waals surface area (Å²) in [5, 5.41) is 0. The number of para-hydroxylation sites is 1. The first-order valence-electron chi connectivity index (χ1n) is 9.86. The minimum absolute atomic E-state index is 0.0741. The predicted molar refractivity (Wildman–Crippen MR) is 115 cm³/mol. The zero-order valence-corrected chi connectivity index (χ0v) is 16.7. The highest BCUT2D eigenvalue weighted by molar-refractivity contribution is 6.11. The van der Waals surface area contributed by atoms with E-state index in [1.165, 1.54) is 0 Å². The minimum Gasteiger partial charge on any atom is -0.319 e. The Bertz CT molecular complexity index is 1020. The molecule has 0 aromatic heterocycles. The molecule has 0 spiro atoms. The van der Waals surface area contributed by atoms with E-state index in [0.29, 0.717) is 17.7 Å². The van der Waals surface area contributed by atoms with E-state index in [9.17, 15) is 9.59 Å². The molecule has 1 heterocycles. The Morgan fingerprint density at radius 3 is 2.10 bits per heavy atom. The van der Waals surface area contributed by atoms with Crippen molar-refractivity contribution in [1.82, 2.24) is 4.90 Å². The summed E-state index contributed by atoms with van der Waals surface area (Å²) in [6.07, 6.45) is 0.473. The summed E-state index contributed by atoms with van der Waals surface area (Å²) >= 11 is 0. The van der Waals surface area contributed by atoms with E-state index in [2.05, 4.69) is 0 Å². The molecule has 3 aromatic carbocycles. The van der Waals surface area contributed by atoms with Crippen molar-refractivity contribution in [2.45, 2.75) is 25.4 Å². The van der Waals surface area contributed by atoms with Crippen LogP contribution in [-0.2, 0) is 11.2 Å². The largest absolute Gasteiger partial charge is 0.319 e. The van der Waals surface area contributed by atoms with E-state index in [4.69, 9.17) is 0 Å². The normalized spacial score (nSPS) is 17.7. The van der Waals surface area contributed by atoms with Crippen molar-refractivity contribution < 1.29 is 9.59 Å². The number of likely N-dealkylation sites (N-methyl/N-ethyl adjacent to an activating group) is 1. The number of amides is 2. The van der Waals surface area contributed by atoms with Gasteiger partial charge in [0.15, 0.2) is 0 Å². The van der Waals surface area contributed by atoms with Gasteiger partial charge in [0.2, 0.25) is 5.91 Å². The second-order valence-corrected chi connectivity index (χ2v) is 7.42. The molecule has 0 saturated heterocycles. The van der Waals surface area contributed by atoms with Crippen LogP contribution in [0.1, 0.15) is 34.5 Å². The molecule has 146 valence electrons. The summed E-state index contributed by atoms with van der Waals surface area (Å²) in [5.41, 5.74) is 3.25. The first kappa shape index (κ1) is 18.9. The molecule has 3 aromatic rings. The van der Waals surface area contributed by atoms with Crippen LogP contribution in [0.3, 0.4) is 0 Å². The number of anilines is 1. The van der Waals surface area contributed by atoms with Gasteiger partial charge in [-0.3, -0.25) is 9.59 Å². The van der Waals surface area contributed by atoms with Crippen LogP contribution in [0.15, 0.2) is 84.9 Å². The van der Waals surface area contributed by atoms with Crippen molar-refractivity contribution in [1.29, 1.82) is 0 Å². The first-order valence-corrected chi connectivity index (χ1v) is 9.86. The van der Waals surface area contributed by atoms with Gasteiger partial charge < -0.3 is 9.80 Å². The highest BCUT2D eigenvalue weighted by atomic mass is 16.2. The van der Waals surface area contributed by atoms with Gasteiger partial charge in [-0.1, -0.05) is 72.8 Å². The number of hydrogen-bond donors (Lipinski definition) is 0. The lowest BCUT2D eigenvalue weighted by atomic mass is 9.99. The lowest BCUT2D eigenvalue weighted by Crippen LogP contribution is -2.49. The van der Waals surface area contributed by atoms with Gasteiger partial charge >= 0.3 is 0 Å². The lowest BCUT2D eigenvalue weighted by Gasteiger charge is -2.35. The molecular formula is C25H24N2O2. The molecule has 4 rings (SSSR count). The van der Waals surface area contributed by atoms with Crippen LogP contribution in [0, 0.1) is 0 Å². The van der Waals surface area contributed by atoms with Crippen molar-refractivity contribution in [2.24, 2.45) is 0 Å². The molecule has 0 N–H and O–H groups in total. The average Bonchev–Trinajstić information content (AvgIpc) is 2.85. The van der Waals surface area contributed by atoms with Crippen molar-refractivity contribution in [3.63, 3.8) is 0 Å². The third-order valence-electron chi connectivity index (χ3n) is 5.65. The third kappa shape index (κ3) is 3.54. The molecule has 4 heteroatoms. The van der Waals surface area contributed by atoms with Gasteiger partial charge in [-0.25, -0.2) is 0 Å². The van der Waals surface area contributed by atoms with Gasteiger partial charge in [0, 0.05) is 13.5 Å². The molecule has 2 amide bonds. The number of carbonyl (C=O) groups excluding carboxylic acids is 2. The molecule has 0 radical (unpaired) electrons. The molecular weight excluding hydrogens is 360 g/mol.